The molecule has 0 aromatic carbocycles. The first-order valence-electron chi connectivity index (χ1n) is 7.50. The van der Waals surface area contributed by atoms with Crippen LogP contribution in [-0.4, -0.2) is 33.4 Å². The van der Waals surface area contributed by atoms with E-state index in [1.54, 1.807) is 12.4 Å². The van der Waals surface area contributed by atoms with Gasteiger partial charge in [0.05, 0.1) is 30.6 Å². The highest BCUT2D eigenvalue weighted by molar-refractivity contribution is 5.79. The molecule has 118 valence electrons. The molecule has 2 heterocycles. The van der Waals surface area contributed by atoms with E-state index in [2.05, 4.69) is 20.7 Å². The second kappa shape index (κ2) is 6.21. The molecular formula is C15H20N4O3. The Labute approximate surface area is 128 Å². The summed E-state index contributed by atoms with van der Waals surface area (Å²) in [5.41, 5.74) is 1.63. The summed E-state index contributed by atoms with van der Waals surface area (Å²) in [7, 11) is 0. The summed E-state index contributed by atoms with van der Waals surface area (Å²) in [6, 6.07) is 0.0304. The average Bonchev–Trinajstić information content (AvgIpc) is 3.20. The van der Waals surface area contributed by atoms with E-state index in [-0.39, 0.29) is 24.5 Å². The van der Waals surface area contributed by atoms with Crippen LogP contribution in [0.3, 0.4) is 0 Å². The number of nitrogens with zero attached hydrogens (tertiary/aromatic N) is 2. The Hall–Kier alpha value is -2.31. The molecule has 0 bridgehead atoms. The van der Waals surface area contributed by atoms with Gasteiger partial charge in [0.15, 0.2) is 5.75 Å². The van der Waals surface area contributed by atoms with Gasteiger partial charge < -0.3 is 14.6 Å². The van der Waals surface area contributed by atoms with Gasteiger partial charge >= 0.3 is 0 Å². The monoisotopic (exact) mass is 304 g/mol. The first kappa shape index (κ1) is 14.6. The first-order valence-corrected chi connectivity index (χ1v) is 7.50. The number of ether oxygens (including phenoxy) is 1. The van der Waals surface area contributed by atoms with Crippen molar-refractivity contribution in [3.8, 4) is 5.75 Å². The molecule has 7 nitrogen and oxygen atoms in total. The number of aromatic nitrogens is 3. The largest absolute Gasteiger partial charge is 0.485 e. The predicted molar refractivity (Wildman–Crippen MR) is 78.5 cm³/mol. The highest BCUT2D eigenvalue weighted by atomic mass is 16.5. The molecule has 0 spiro atoms. The zero-order valence-corrected chi connectivity index (χ0v) is 12.8. The van der Waals surface area contributed by atoms with Crippen molar-refractivity contribution in [2.75, 3.05) is 0 Å². The highest BCUT2D eigenvalue weighted by Crippen LogP contribution is 2.24. The van der Waals surface area contributed by atoms with E-state index < -0.39 is 0 Å². The smallest absolute Gasteiger partial charge is 0.224 e. The molecule has 1 saturated carbocycles. The molecule has 2 aromatic heterocycles. The number of aromatic amines is 1. The molecular weight excluding hydrogens is 284 g/mol. The minimum absolute atomic E-state index is 0.00813. The third kappa shape index (κ3) is 3.13. The van der Waals surface area contributed by atoms with E-state index in [0.29, 0.717) is 11.5 Å². The van der Waals surface area contributed by atoms with E-state index in [0.717, 1.165) is 30.5 Å². The fraction of sp³-hybridized carbons (Fsp3) is 0.533. The minimum Gasteiger partial charge on any atom is -0.485 e. The van der Waals surface area contributed by atoms with E-state index >= 15 is 0 Å². The lowest BCUT2D eigenvalue weighted by atomic mass is 10.1. The van der Waals surface area contributed by atoms with Crippen LogP contribution in [-0.2, 0) is 11.2 Å². The summed E-state index contributed by atoms with van der Waals surface area (Å²) in [6.45, 7) is 3.67. The molecule has 1 fully saturated rings. The predicted octanol–water partition coefficient (Wildman–Crippen LogP) is 1.67. The molecule has 0 saturated heterocycles. The van der Waals surface area contributed by atoms with Gasteiger partial charge in [-0.3, -0.25) is 9.89 Å². The highest BCUT2D eigenvalue weighted by Gasteiger charge is 2.30. The second-order valence-electron chi connectivity index (χ2n) is 5.67. The summed E-state index contributed by atoms with van der Waals surface area (Å²) in [6.07, 6.45) is 6.53. The van der Waals surface area contributed by atoms with Crippen molar-refractivity contribution in [3.05, 3.63) is 29.4 Å². The zero-order chi connectivity index (χ0) is 15.5. The minimum atomic E-state index is -0.0258. The number of hydrogen-bond donors (Lipinski definition) is 2. The van der Waals surface area contributed by atoms with Gasteiger partial charge in [-0.25, -0.2) is 0 Å². The number of aryl methyl sites for hydroxylation is 2. The Bertz CT molecular complexity index is 616. The molecule has 22 heavy (non-hydrogen) atoms. The van der Waals surface area contributed by atoms with Crippen LogP contribution in [0.5, 0.6) is 5.75 Å². The van der Waals surface area contributed by atoms with Crippen LogP contribution in [0.2, 0.25) is 0 Å². The summed E-state index contributed by atoms with van der Waals surface area (Å²) >= 11 is 0. The van der Waals surface area contributed by atoms with Gasteiger partial charge in [0.1, 0.15) is 11.9 Å². The average molecular weight is 304 g/mol. The number of nitrogens with one attached hydrogen (secondary N) is 2. The van der Waals surface area contributed by atoms with Crippen molar-refractivity contribution in [2.24, 2.45) is 0 Å². The van der Waals surface area contributed by atoms with E-state index in [4.69, 9.17) is 9.26 Å². The van der Waals surface area contributed by atoms with Gasteiger partial charge in [-0.2, -0.15) is 5.10 Å². The van der Waals surface area contributed by atoms with Gasteiger partial charge in [-0.15, -0.1) is 0 Å². The maximum atomic E-state index is 12.3. The fourth-order valence-electron chi connectivity index (χ4n) is 2.88. The third-order valence-electron chi connectivity index (χ3n) is 4.08. The van der Waals surface area contributed by atoms with Crippen molar-refractivity contribution in [3.63, 3.8) is 0 Å². The fourth-order valence-corrected chi connectivity index (χ4v) is 2.88. The lowest BCUT2D eigenvalue weighted by molar-refractivity contribution is -0.121. The van der Waals surface area contributed by atoms with E-state index in [1.807, 2.05) is 13.8 Å². The van der Waals surface area contributed by atoms with Gasteiger partial charge in [0, 0.05) is 5.56 Å². The molecule has 2 aromatic rings. The molecule has 0 aliphatic heterocycles. The van der Waals surface area contributed by atoms with E-state index in [9.17, 15) is 4.79 Å². The van der Waals surface area contributed by atoms with Crippen LogP contribution in [0.25, 0.3) is 0 Å². The molecule has 1 amide bonds. The van der Waals surface area contributed by atoms with Crippen LogP contribution in [0, 0.1) is 13.8 Å². The van der Waals surface area contributed by atoms with Crippen LogP contribution in [0.1, 0.15) is 36.3 Å². The summed E-state index contributed by atoms with van der Waals surface area (Å²) in [4.78, 5) is 12.3. The van der Waals surface area contributed by atoms with Crippen molar-refractivity contribution >= 4 is 5.91 Å². The van der Waals surface area contributed by atoms with Crippen molar-refractivity contribution < 1.29 is 14.1 Å². The third-order valence-corrected chi connectivity index (χ3v) is 4.08. The Kier molecular flexibility index (Phi) is 4.13. The maximum absolute atomic E-state index is 12.3. The number of rotatable bonds is 5. The lowest BCUT2D eigenvalue weighted by Crippen LogP contribution is -2.43. The van der Waals surface area contributed by atoms with Crippen molar-refractivity contribution in [2.45, 2.75) is 51.7 Å². The Morgan fingerprint density at radius 3 is 3.05 bits per heavy atom. The van der Waals surface area contributed by atoms with Crippen LogP contribution in [0.15, 0.2) is 16.9 Å². The number of amides is 1. The Balaban J connectivity index is 1.58. The summed E-state index contributed by atoms with van der Waals surface area (Å²) in [5.74, 6) is 1.38. The Morgan fingerprint density at radius 1 is 1.50 bits per heavy atom. The number of hydrogen-bond acceptors (Lipinski definition) is 5. The van der Waals surface area contributed by atoms with Crippen molar-refractivity contribution in [1.29, 1.82) is 0 Å². The molecule has 1 aliphatic rings. The maximum Gasteiger partial charge on any atom is 0.224 e. The quantitative estimate of drug-likeness (QED) is 0.876. The number of H-pyrrole nitrogens is 1. The molecule has 0 radical (unpaired) electrons. The molecule has 2 N–H and O–H groups in total. The van der Waals surface area contributed by atoms with E-state index in [1.165, 1.54) is 0 Å². The van der Waals surface area contributed by atoms with Gasteiger partial charge in [0.25, 0.3) is 0 Å². The summed E-state index contributed by atoms with van der Waals surface area (Å²) < 4.78 is 11.0. The second-order valence-corrected chi connectivity index (χ2v) is 5.67. The molecule has 1 aliphatic carbocycles. The van der Waals surface area contributed by atoms with Crippen LogP contribution < -0.4 is 10.1 Å². The van der Waals surface area contributed by atoms with Gasteiger partial charge in [-0.1, -0.05) is 5.16 Å². The topological polar surface area (TPSA) is 93.0 Å². The SMILES string of the molecule is Cc1noc(C)c1CC(=O)N[C@H]1CCC[C@H]1Oc1cn[nH]c1. The molecule has 0 unspecified atom stereocenters. The lowest BCUT2D eigenvalue weighted by Gasteiger charge is -2.21. The molecule has 3 rings (SSSR count). The molecule has 2 atom stereocenters. The first-order chi connectivity index (χ1) is 10.6. The van der Waals surface area contributed by atoms with Crippen molar-refractivity contribution in [1.82, 2.24) is 20.7 Å². The van der Waals surface area contributed by atoms with Gasteiger partial charge in [0.2, 0.25) is 5.91 Å². The zero-order valence-electron chi connectivity index (χ0n) is 12.8. The summed E-state index contributed by atoms with van der Waals surface area (Å²) in [5, 5.41) is 13.5. The molecule has 7 heteroatoms. The number of carbonyl (C=O) groups excluding carboxylic acids is 1. The number of carbonyl (C=O) groups is 1. The normalized spacial score (nSPS) is 21.0. The van der Waals surface area contributed by atoms with Crippen LogP contribution in [0.4, 0.5) is 0 Å². The standard InChI is InChI=1S/C15H20N4O3/c1-9-12(10(2)22-19-9)6-15(20)18-13-4-3-5-14(13)21-11-7-16-17-8-11/h7-8,13-14H,3-6H2,1-2H3,(H,16,17)(H,18,20)/t13-,14+/m0/s1. The Morgan fingerprint density at radius 2 is 2.36 bits per heavy atom. The van der Waals surface area contributed by atoms with Gasteiger partial charge in [-0.05, 0) is 33.1 Å². The van der Waals surface area contributed by atoms with Crippen LogP contribution >= 0.6 is 0 Å².